The van der Waals surface area contributed by atoms with E-state index >= 15 is 0 Å². The Balaban J connectivity index is 1.60. The van der Waals surface area contributed by atoms with Gasteiger partial charge in [-0.2, -0.15) is 4.98 Å². The first-order valence-electron chi connectivity index (χ1n) is 9.31. The maximum absolute atomic E-state index is 14.0. The quantitative estimate of drug-likeness (QED) is 0.663. The third kappa shape index (κ3) is 3.70. The second-order valence-electron chi connectivity index (χ2n) is 7.19. The molecule has 8 heteroatoms. The summed E-state index contributed by atoms with van der Waals surface area (Å²) in [5.74, 6) is -2.12. The zero-order valence-corrected chi connectivity index (χ0v) is 16.1. The fourth-order valence-corrected chi connectivity index (χ4v) is 3.58. The minimum absolute atomic E-state index is 0.102. The van der Waals surface area contributed by atoms with Crippen molar-refractivity contribution < 1.29 is 18.1 Å². The minimum Gasteiger partial charge on any atom is -0.378 e. The van der Waals surface area contributed by atoms with E-state index in [0.717, 1.165) is 42.3 Å². The average Bonchev–Trinajstić information content (AvgIpc) is 3.39. The highest BCUT2D eigenvalue weighted by atomic mass is 19.1. The van der Waals surface area contributed by atoms with Crippen LogP contribution in [0, 0.1) is 11.6 Å². The van der Waals surface area contributed by atoms with Crippen LogP contribution in [0.15, 0.2) is 47.0 Å². The molecule has 1 saturated heterocycles. The summed E-state index contributed by atoms with van der Waals surface area (Å²) in [6.45, 7) is 0.563. The summed E-state index contributed by atoms with van der Waals surface area (Å²) in [7, 11) is 3.92. The lowest BCUT2D eigenvalue weighted by Crippen LogP contribution is -2.31. The summed E-state index contributed by atoms with van der Waals surface area (Å²) in [5, 5.41) is 3.71. The van der Waals surface area contributed by atoms with Crippen LogP contribution in [-0.4, -0.2) is 41.6 Å². The first-order valence-corrected chi connectivity index (χ1v) is 9.31. The number of hydrogen-bond donors (Lipinski definition) is 0. The molecule has 150 valence electrons. The van der Waals surface area contributed by atoms with Gasteiger partial charge in [-0.1, -0.05) is 17.3 Å². The molecule has 1 aliphatic rings. The van der Waals surface area contributed by atoms with Crippen LogP contribution < -0.4 is 4.90 Å². The molecule has 4 rings (SSSR count). The Morgan fingerprint density at radius 2 is 2.03 bits per heavy atom. The Labute approximate surface area is 166 Å². The number of hydrogen-bond acceptors (Lipinski definition) is 5. The Kier molecular flexibility index (Phi) is 5.00. The van der Waals surface area contributed by atoms with Crippen LogP contribution in [-0.2, 0) is 0 Å². The zero-order valence-electron chi connectivity index (χ0n) is 16.1. The lowest BCUT2D eigenvalue weighted by molar-refractivity contribution is 0.0720. The van der Waals surface area contributed by atoms with Crippen molar-refractivity contribution in [2.75, 3.05) is 25.5 Å². The Hall–Kier alpha value is -3.29. The predicted octanol–water partition coefficient (Wildman–Crippen LogP) is 4.06. The number of aromatic nitrogens is 2. The molecule has 0 saturated carbocycles. The largest absolute Gasteiger partial charge is 0.378 e. The molecule has 0 spiro atoms. The normalized spacial score (nSPS) is 16.3. The van der Waals surface area contributed by atoms with Crippen LogP contribution in [0.5, 0.6) is 0 Å². The van der Waals surface area contributed by atoms with Crippen LogP contribution in [0.4, 0.5) is 14.5 Å². The molecule has 29 heavy (non-hydrogen) atoms. The molecule has 6 nitrogen and oxygen atoms in total. The second kappa shape index (κ2) is 7.62. The number of carbonyl (C=O) groups excluding carboxylic acids is 1. The van der Waals surface area contributed by atoms with Gasteiger partial charge in [0.1, 0.15) is 11.6 Å². The molecule has 1 atom stereocenters. The summed E-state index contributed by atoms with van der Waals surface area (Å²) in [6.07, 6.45) is 1.68. The number of carbonyl (C=O) groups is 1. The molecule has 1 aliphatic heterocycles. The van der Waals surface area contributed by atoms with Gasteiger partial charge >= 0.3 is 0 Å². The van der Waals surface area contributed by atoms with Crippen molar-refractivity contribution in [2.24, 2.45) is 0 Å². The number of halogens is 2. The van der Waals surface area contributed by atoms with Gasteiger partial charge < -0.3 is 14.3 Å². The second-order valence-corrected chi connectivity index (χ2v) is 7.19. The monoisotopic (exact) mass is 398 g/mol. The predicted molar refractivity (Wildman–Crippen MR) is 103 cm³/mol. The molecular formula is C21H20F2N4O2. The average molecular weight is 398 g/mol. The van der Waals surface area contributed by atoms with Gasteiger partial charge in [-0.25, -0.2) is 8.78 Å². The van der Waals surface area contributed by atoms with E-state index in [1.807, 2.05) is 37.2 Å². The van der Waals surface area contributed by atoms with Crippen LogP contribution in [0.1, 0.15) is 35.1 Å². The summed E-state index contributed by atoms with van der Waals surface area (Å²) in [5.41, 5.74) is 1.90. The number of nitrogens with zero attached hydrogens (tertiary/aromatic N) is 4. The van der Waals surface area contributed by atoms with Crippen LogP contribution in [0.3, 0.4) is 0 Å². The van der Waals surface area contributed by atoms with Gasteiger partial charge in [0, 0.05) is 26.3 Å². The zero-order chi connectivity index (χ0) is 20.5. The van der Waals surface area contributed by atoms with Crippen LogP contribution >= 0.6 is 0 Å². The van der Waals surface area contributed by atoms with Crippen molar-refractivity contribution in [1.82, 2.24) is 15.0 Å². The van der Waals surface area contributed by atoms with Gasteiger partial charge in [0.05, 0.1) is 11.6 Å². The lowest BCUT2D eigenvalue weighted by atomic mass is 10.0. The van der Waals surface area contributed by atoms with Crippen molar-refractivity contribution in [3.63, 3.8) is 0 Å². The van der Waals surface area contributed by atoms with Crippen molar-refractivity contribution >= 4 is 11.6 Å². The number of likely N-dealkylation sites (tertiary alicyclic amines) is 1. The van der Waals surface area contributed by atoms with E-state index in [9.17, 15) is 13.6 Å². The molecular weight excluding hydrogens is 378 g/mol. The van der Waals surface area contributed by atoms with Gasteiger partial charge in [0.25, 0.3) is 17.6 Å². The molecule has 1 fully saturated rings. The van der Waals surface area contributed by atoms with E-state index in [2.05, 4.69) is 16.2 Å². The van der Waals surface area contributed by atoms with Gasteiger partial charge in [-0.05, 0) is 48.7 Å². The van der Waals surface area contributed by atoms with Gasteiger partial charge in [-0.3, -0.25) is 4.79 Å². The third-order valence-corrected chi connectivity index (χ3v) is 5.06. The standard InChI is InChI=1S/C21H20F2N4O2/c1-26(2)15-6-3-5-13(11-15)18-7-4-10-27(18)21(28)19-24-20(29-25-19)16-12-14(22)8-9-17(16)23/h3,5-6,8-9,11-12,18H,4,7,10H2,1-2H3/t18-/m0/s1. The first kappa shape index (κ1) is 19.0. The Morgan fingerprint density at radius 1 is 1.21 bits per heavy atom. The topological polar surface area (TPSA) is 62.5 Å². The molecule has 0 N–H and O–H groups in total. The van der Waals surface area contributed by atoms with Crippen molar-refractivity contribution in [1.29, 1.82) is 0 Å². The highest BCUT2D eigenvalue weighted by Gasteiger charge is 2.33. The lowest BCUT2D eigenvalue weighted by Gasteiger charge is -2.25. The fourth-order valence-electron chi connectivity index (χ4n) is 3.58. The smallest absolute Gasteiger partial charge is 0.295 e. The van der Waals surface area contributed by atoms with E-state index in [-0.39, 0.29) is 23.3 Å². The fraction of sp³-hybridized carbons (Fsp3) is 0.286. The van der Waals surface area contributed by atoms with Gasteiger partial charge in [-0.15, -0.1) is 0 Å². The van der Waals surface area contributed by atoms with E-state index in [4.69, 9.17) is 4.52 Å². The highest BCUT2D eigenvalue weighted by molar-refractivity contribution is 5.91. The molecule has 0 unspecified atom stereocenters. The molecule has 0 bridgehead atoms. The van der Waals surface area contributed by atoms with E-state index in [1.54, 1.807) is 4.90 Å². The van der Waals surface area contributed by atoms with E-state index < -0.39 is 17.5 Å². The maximum Gasteiger partial charge on any atom is 0.295 e. The molecule has 0 aliphatic carbocycles. The van der Waals surface area contributed by atoms with Crippen molar-refractivity contribution in [3.8, 4) is 11.5 Å². The van der Waals surface area contributed by atoms with Crippen LogP contribution in [0.25, 0.3) is 11.5 Å². The number of benzene rings is 2. The summed E-state index contributed by atoms with van der Waals surface area (Å²) in [4.78, 5) is 20.7. The molecule has 1 amide bonds. The van der Waals surface area contributed by atoms with Crippen molar-refractivity contribution in [3.05, 3.63) is 65.5 Å². The molecule has 2 aromatic carbocycles. The van der Waals surface area contributed by atoms with Gasteiger partial charge in [0.15, 0.2) is 0 Å². The SMILES string of the molecule is CN(C)c1cccc([C@@H]2CCCN2C(=O)c2noc(-c3cc(F)ccc3F)n2)c1. The van der Waals surface area contributed by atoms with Gasteiger partial charge in [0.2, 0.25) is 0 Å². The summed E-state index contributed by atoms with van der Waals surface area (Å²) in [6, 6.07) is 10.8. The Morgan fingerprint density at radius 3 is 2.83 bits per heavy atom. The van der Waals surface area contributed by atoms with E-state index in [0.29, 0.717) is 6.54 Å². The molecule has 3 aromatic rings. The molecule has 0 radical (unpaired) electrons. The summed E-state index contributed by atoms with van der Waals surface area (Å²) >= 11 is 0. The third-order valence-electron chi connectivity index (χ3n) is 5.06. The summed E-state index contributed by atoms with van der Waals surface area (Å²) < 4.78 is 32.4. The highest BCUT2D eigenvalue weighted by Crippen LogP contribution is 2.34. The van der Waals surface area contributed by atoms with Crippen molar-refractivity contribution in [2.45, 2.75) is 18.9 Å². The minimum atomic E-state index is -0.700. The Bertz CT molecular complexity index is 1050. The van der Waals surface area contributed by atoms with Crippen LogP contribution in [0.2, 0.25) is 0 Å². The maximum atomic E-state index is 14.0. The first-order chi connectivity index (χ1) is 13.9. The van der Waals surface area contributed by atoms with E-state index in [1.165, 1.54) is 0 Å². The number of amides is 1. The number of rotatable bonds is 4. The molecule has 1 aromatic heterocycles. The molecule has 2 heterocycles. The number of anilines is 1.